The molecule has 0 spiro atoms. The number of rotatable bonds is 10. The summed E-state index contributed by atoms with van der Waals surface area (Å²) in [5.41, 5.74) is 4.58. The van der Waals surface area contributed by atoms with Gasteiger partial charge in [-0.3, -0.25) is 14.5 Å². The lowest BCUT2D eigenvalue weighted by atomic mass is 9.58. The van der Waals surface area contributed by atoms with Gasteiger partial charge >= 0.3 is 7.12 Å². The Morgan fingerprint density at radius 3 is 2.61 bits per heavy atom. The molecule has 2 N–H and O–H groups in total. The van der Waals surface area contributed by atoms with Crippen LogP contribution in [0.3, 0.4) is 0 Å². The van der Waals surface area contributed by atoms with E-state index in [2.05, 4.69) is 42.5 Å². The number of aromatic hydroxyl groups is 1. The van der Waals surface area contributed by atoms with E-state index in [1.165, 1.54) is 16.0 Å². The molecule has 0 saturated carbocycles. The molecule has 2 heterocycles. The fourth-order valence-electron chi connectivity index (χ4n) is 6.59. The van der Waals surface area contributed by atoms with Crippen LogP contribution in [-0.2, 0) is 14.2 Å². The van der Waals surface area contributed by atoms with Crippen LogP contribution in [0.4, 0.5) is 0 Å². The van der Waals surface area contributed by atoms with Crippen molar-refractivity contribution < 1.29 is 29.1 Å². The maximum absolute atomic E-state index is 13.4. The third-order valence-electron chi connectivity index (χ3n) is 8.21. The minimum atomic E-state index is -0.949. The number of imide groups is 1. The van der Waals surface area contributed by atoms with Crippen LogP contribution < -0.4 is 4.74 Å². The van der Waals surface area contributed by atoms with Crippen molar-refractivity contribution in [2.24, 2.45) is 17.8 Å². The third kappa shape index (κ3) is 5.70. The molecule has 0 radical (unpaired) electrons. The highest BCUT2D eigenvalue weighted by Gasteiger charge is 2.56. The van der Waals surface area contributed by atoms with E-state index < -0.39 is 13.0 Å². The fraction of sp³-hybridized carbons (Fsp3) is 0.586. The summed E-state index contributed by atoms with van der Waals surface area (Å²) in [4.78, 5) is 28.0. The number of fused-ring (bicyclic) bond motifs is 3. The van der Waals surface area contributed by atoms with E-state index in [4.69, 9.17) is 9.39 Å². The number of benzene rings is 1. The lowest BCUT2D eigenvalue weighted by molar-refractivity contribution is -0.140. The minimum absolute atomic E-state index is 0.0449. The van der Waals surface area contributed by atoms with Crippen molar-refractivity contribution in [1.29, 1.82) is 0 Å². The molecule has 206 valence electrons. The van der Waals surface area contributed by atoms with Gasteiger partial charge < -0.3 is 19.5 Å². The number of hydrogen-bond donors (Lipinski definition) is 2. The maximum atomic E-state index is 13.4. The van der Waals surface area contributed by atoms with E-state index in [1.54, 1.807) is 7.11 Å². The Balaban J connectivity index is 1.61. The normalized spacial score (nSPS) is 25.7. The van der Waals surface area contributed by atoms with E-state index >= 15 is 0 Å². The number of carbonyl (C=O) groups excluding carboxylic acids is 2. The molecule has 2 aliphatic heterocycles. The fourth-order valence-corrected chi connectivity index (χ4v) is 7.21. The summed E-state index contributed by atoms with van der Waals surface area (Å²) in [6.07, 6.45) is 7.78. The first kappa shape index (κ1) is 29.1. The highest BCUT2D eigenvalue weighted by molar-refractivity contribution is 14.1. The van der Waals surface area contributed by atoms with Gasteiger partial charge in [-0.1, -0.05) is 44.4 Å². The van der Waals surface area contributed by atoms with E-state index in [1.807, 2.05) is 19.1 Å². The van der Waals surface area contributed by atoms with Crippen LogP contribution >= 0.6 is 22.6 Å². The van der Waals surface area contributed by atoms with Crippen LogP contribution in [0.2, 0.25) is 6.32 Å². The van der Waals surface area contributed by atoms with Crippen molar-refractivity contribution in [1.82, 2.24) is 4.90 Å². The van der Waals surface area contributed by atoms with Crippen LogP contribution in [0.5, 0.6) is 11.5 Å². The number of amides is 2. The van der Waals surface area contributed by atoms with Crippen molar-refractivity contribution in [3.05, 3.63) is 38.0 Å². The van der Waals surface area contributed by atoms with Crippen LogP contribution in [0.25, 0.3) is 6.08 Å². The second-order valence-corrected chi connectivity index (χ2v) is 11.8. The smallest absolute Gasteiger partial charge is 0.455 e. The van der Waals surface area contributed by atoms with Crippen LogP contribution in [0.15, 0.2) is 28.9 Å². The average Bonchev–Trinajstić information content (AvgIpc) is 3.13. The third-order valence-corrected chi connectivity index (χ3v) is 9.04. The predicted octanol–water partition coefficient (Wildman–Crippen LogP) is 5.59. The summed E-state index contributed by atoms with van der Waals surface area (Å²) in [6.45, 7) is 6.70. The summed E-state index contributed by atoms with van der Waals surface area (Å²) >= 11 is 2.11. The van der Waals surface area contributed by atoms with Crippen LogP contribution in [-0.4, -0.2) is 53.7 Å². The molecule has 0 bridgehead atoms. The zero-order valence-corrected chi connectivity index (χ0v) is 25.0. The molecule has 7 nitrogen and oxygen atoms in total. The molecule has 3 aliphatic rings. The van der Waals surface area contributed by atoms with Gasteiger partial charge in [-0.25, -0.2) is 0 Å². The molecular formula is C29H39BINO6. The van der Waals surface area contributed by atoms with Crippen LogP contribution in [0.1, 0.15) is 71.3 Å². The zero-order chi connectivity index (χ0) is 27.6. The summed E-state index contributed by atoms with van der Waals surface area (Å²) in [5, 5.41) is 20.9. The summed E-state index contributed by atoms with van der Waals surface area (Å²) in [6, 6.07) is 3.78. The molecular weight excluding hydrogens is 596 g/mol. The van der Waals surface area contributed by atoms with Gasteiger partial charge in [-0.2, -0.15) is 0 Å². The minimum Gasteiger partial charge on any atom is -0.504 e. The Labute approximate surface area is 239 Å². The number of ether oxygens (including phenoxy) is 1. The molecule has 4 rings (SSSR count). The summed E-state index contributed by atoms with van der Waals surface area (Å²) in [7, 11) is 0.598. The van der Waals surface area contributed by atoms with Gasteiger partial charge in [-0.15, -0.1) is 0 Å². The first-order chi connectivity index (χ1) is 18.2. The summed E-state index contributed by atoms with van der Waals surface area (Å²) < 4.78 is 12.2. The van der Waals surface area contributed by atoms with Crippen molar-refractivity contribution in [3.8, 4) is 11.5 Å². The maximum Gasteiger partial charge on any atom is 0.455 e. The lowest BCUT2D eigenvalue weighted by Crippen LogP contribution is -2.46. The number of carbonyl (C=O) groups is 2. The molecule has 0 aromatic heterocycles. The van der Waals surface area contributed by atoms with Crippen LogP contribution in [0, 0.1) is 21.3 Å². The van der Waals surface area contributed by atoms with E-state index in [0.29, 0.717) is 31.5 Å². The van der Waals surface area contributed by atoms with Gasteiger partial charge in [0.2, 0.25) is 11.8 Å². The second-order valence-electron chi connectivity index (χ2n) is 10.6. The summed E-state index contributed by atoms with van der Waals surface area (Å²) in [5.74, 6) is -0.389. The SMILES string of the molecule is CCC/C(=C\c1cc(I)c(O)c(OC)c1)CC[C@H]1OB(O)C[C@H]2C1=C(CC)C[C@H]1C(=O)N(CCC)C(=O)[C@H]12. The zero-order valence-electron chi connectivity index (χ0n) is 22.8. The monoisotopic (exact) mass is 635 g/mol. The quantitative estimate of drug-likeness (QED) is 0.151. The topological polar surface area (TPSA) is 96.3 Å². The van der Waals surface area contributed by atoms with Gasteiger partial charge in [0.1, 0.15) is 0 Å². The predicted molar refractivity (Wildman–Crippen MR) is 157 cm³/mol. The Bertz CT molecular complexity index is 1130. The van der Waals surface area contributed by atoms with Gasteiger partial charge in [-0.05, 0) is 96.6 Å². The highest BCUT2D eigenvalue weighted by Crippen LogP contribution is 2.51. The number of methoxy groups -OCH3 is 1. The van der Waals surface area contributed by atoms with Gasteiger partial charge in [0.15, 0.2) is 11.5 Å². The highest BCUT2D eigenvalue weighted by atomic mass is 127. The molecule has 2 fully saturated rings. The molecule has 2 saturated heterocycles. The molecule has 1 aliphatic carbocycles. The van der Waals surface area contributed by atoms with Crippen molar-refractivity contribution in [2.75, 3.05) is 13.7 Å². The molecule has 2 amide bonds. The van der Waals surface area contributed by atoms with E-state index in [0.717, 1.165) is 46.8 Å². The number of halogens is 1. The first-order valence-corrected chi connectivity index (χ1v) is 15.0. The molecule has 38 heavy (non-hydrogen) atoms. The average molecular weight is 635 g/mol. The van der Waals surface area contributed by atoms with Crippen molar-refractivity contribution >= 4 is 47.6 Å². The Morgan fingerprint density at radius 1 is 1.18 bits per heavy atom. The number of phenols is 1. The standard InChI is InChI=1S/C29H39BINO6/c1-5-8-17(12-18-13-22(31)27(33)24(14-18)37-4)9-10-23-25-19(7-3)15-20-26(21(25)16-30(36)38-23)29(35)32(11-6-2)28(20)34/h12-14,20-21,23,26,33,36H,5-11,15-16H2,1-4H3/b17-12+/t20-,21+,23-,26-/m1/s1. The Morgan fingerprint density at radius 2 is 1.95 bits per heavy atom. The molecule has 1 aromatic rings. The van der Waals surface area contributed by atoms with E-state index in [-0.39, 0.29) is 35.5 Å². The number of likely N-dealkylation sites (tertiary alicyclic amines) is 1. The Kier molecular flexibility index (Phi) is 9.63. The molecule has 9 heteroatoms. The van der Waals surface area contributed by atoms with E-state index in [9.17, 15) is 19.7 Å². The van der Waals surface area contributed by atoms with Gasteiger partial charge in [0.05, 0.1) is 28.6 Å². The largest absolute Gasteiger partial charge is 0.504 e. The first-order valence-electron chi connectivity index (χ1n) is 13.9. The number of nitrogens with zero attached hydrogens (tertiary/aromatic N) is 1. The number of phenolic OH excluding ortho intramolecular Hbond substituents is 1. The number of hydrogen-bond acceptors (Lipinski definition) is 6. The molecule has 0 unspecified atom stereocenters. The van der Waals surface area contributed by atoms with Crippen molar-refractivity contribution in [2.45, 2.75) is 78.1 Å². The van der Waals surface area contributed by atoms with Gasteiger partial charge in [0.25, 0.3) is 0 Å². The van der Waals surface area contributed by atoms with Gasteiger partial charge in [0, 0.05) is 6.54 Å². The lowest BCUT2D eigenvalue weighted by Gasteiger charge is -2.43. The molecule has 4 atom stereocenters. The Hall–Kier alpha value is -1.85. The second kappa shape index (κ2) is 12.6. The van der Waals surface area contributed by atoms with Crippen molar-refractivity contribution in [3.63, 3.8) is 0 Å². The molecule has 1 aromatic carbocycles. The number of allylic oxidation sites excluding steroid dienone is 2.